The quantitative estimate of drug-likeness (QED) is 0.0619. The maximum Gasteiger partial charge on any atom is 0.313 e. The van der Waals surface area contributed by atoms with Crippen LogP contribution in [0.2, 0.25) is 0 Å². The van der Waals surface area contributed by atoms with Crippen molar-refractivity contribution in [3.8, 4) is 10.4 Å². The molecular formula is C51H70N6O11S. The Morgan fingerprint density at radius 2 is 1.48 bits per heavy atom. The highest BCUT2D eigenvalue weighted by atomic mass is 32.1. The van der Waals surface area contributed by atoms with Gasteiger partial charge in [0.15, 0.2) is 5.60 Å². The maximum atomic E-state index is 13.9. The number of aryl methyl sites for hydroxylation is 1. The first-order valence-corrected chi connectivity index (χ1v) is 24.8. The zero-order chi connectivity index (χ0) is 50.0. The van der Waals surface area contributed by atoms with E-state index >= 15 is 0 Å². The number of likely N-dealkylation sites (tertiary alicyclic amines) is 1. The number of hydrogen-bond donors (Lipinski definition) is 5. The van der Waals surface area contributed by atoms with Crippen molar-refractivity contribution in [3.63, 3.8) is 0 Å². The Kier molecular flexibility index (Phi) is 17.8. The Labute approximate surface area is 409 Å². The summed E-state index contributed by atoms with van der Waals surface area (Å²) in [5, 5.41) is 22.2. The lowest BCUT2D eigenvalue weighted by Crippen LogP contribution is -2.57. The normalized spacial score (nSPS) is 22.0. The number of hydrogen-bond acceptors (Lipinski definition) is 13. The average molecular weight is 975 g/mol. The first-order chi connectivity index (χ1) is 32.8. The Balaban J connectivity index is 0.794. The molecule has 1 aliphatic carbocycles. The summed E-state index contributed by atoms with van der Waals surface area (Å²) >= 11 is 1.57. The summed E-state index contributed by atoms with van der Waals surface area (Å²) in [6.45, 7) is 15.8. The van der Waals surface area contributed by atoms with E-state index in [1.54, 1.807) is 11.3 Å². The van der Waals surface area contributed by atoms with E-state index in [0.29, 0.717) is 52.0 Å². The molecule has 6 rings (SSSR count). The van der Waals surface area contributed by atoms with Crippen LogP contribution in [0, 0.1) is 23.2 Å². The van der Waals surface area contributed by atoms with Crippen LogP contribution in [0.4, 0.5) is 0 Å². The minimum atomic E-state index is -1.17. The zero-order valence-corrected chi connectivity index (χ0v) is 41.9. The molecule has 0 spiro atoms. The van der Waals surface area contributed by atoms with Crippen molar-refractivity contribution in [3.05, 3.63) is 76.4 Å². The molecule has 1 aromatic heterocycles. The second kappa shape index (κ2) is 23.1. The maximum absolute atomic E-state index is 13.9. The fraction of sp³-hybridized carbons (Fsp3) is 0.588. The number of nitrogens with zero attached hydrogens (tertiary/aromatic N) is 2. The SMILES string of the molecule is Cc1ncsc1-c1ccc(CNC(=O)[C@@H]2C[C@@H](O)CN2C(=O)[C@@H](NC(=O)CCOCCOCCOCCCC(=O)NCc2cccc(CNC(=O)[C@@]34CC[C@](C)(C(=O)O3)C4(C)C)c2)C(C)(C)C)cc1. The van der Waals surface area contributed by atoms with Crippen molar-refractivity contribution in [2.24, 2.45) is 16.2 Å². The van der Waals surface area contributed by atoms with Gasteiger partial charge in [0.2, 0.25) is 23.6 Å². The predicted octanol–water partition coefficient (Wildman–Crippen LogP) is 4.50. The molecule has 2 aliphatic heterocycles. The number of carbonyl (C=O) groups excluding carboxylic acids is 6. The van der Waals surface area contributed by atoms with E-state index in [4.69, 9.17) is 18.9 Å². The summed E-state index contributed by atoms with van der Waals surface area (Å²) in [6, 6.07) is 13.6. The van der Waals surface area contributed by atoms with Crippen molar-refractivity contribution in [2.45, 2.75) is 130 Å². The topological polar surface area (TPSA) is 224 Å². The zero-order valence-electron chi connectivity index (χ0n) is 41.1. The molecule has 0 unspecified atom stereocenters. The molecule has 5 amide bonds. The molecule has 2 bridgehead atoms. The highest BCUT2D eigenvalue weighted by Crippen LogP contribution is 2.65. The van der Waals surface area contributed by atoms with E-state index in [0.717, 1.165) is 32.8 Å². The first-order valence-electron chi connectivity index (χ1n) is 23.9. The van der Waals surface area contributed by atoms with Gasteiger partial charge in [-0.2, -0.15) is 0 Å². The fourth-order valence-corrected chi connectivity index (χ4v) is 10.1. The molecule has 0 radical (unpaired) electrons. The summed E-state index contributed by atoms with van der Waals surface area (Å²) in [4.78, 5) is 85.5. The monoisotopic (exact) mass is 974 g/mol. The molecule has 5 N–H and O–H groups in total. The highest BCUT2D eigenvalue weighted by molar-refractivity contribution is 7.13. The third-order valence-electron chi connectivity index (χ3n) is 14.0. The molecule has 3 aliphatic rings. The van der Waals surface area contributed by atoms with E-state index in [1.165, 1.54) is 4.90 Å². The number of aromatic nitrogens is 1. The number of thiazole rings is 1. The number of rotatable bonds is 24. The number of benzene rings is 2. The number of nitrogens with one attached hydrogen (secondary N) is 4. The molecule has 3 fully saturated rings. The summed E-state index contributed by atoms with van der Waals surface area (Å²) in [7, 11) is 0. The number of esters is 1. The van der Waals surface area contributed by atoms with Crippen LogP contribution in [0.3, 0.4) is 0 Å². The third-order valence-corrected chi connectivity index (χ3v) is 15.0. The number of aliphatic hydroxyl groups excluding tert-OH is 1. The number of fused-ring (bicyclic) bond motifs is 2. The van der Waals surface area contributed by atoms with Gasteiger partial charge < -0.3 is 50.2 Å². The molecule has 3 heterocycles. The van der Waals surface area contributed by atoms with E-state index in [9.17, 15) is 33.9 Å². The fourth-order valence-electron chi connectivity index (χ4n) is 9.27. The smallest absolute Gasteiger partial charge is 0.313 e. The third kappa shape index (κ3) is 12.7. The van der Waals surface area contributed by atoms with Crippen molar-refractivity contribution in [1.29, 1.82) is 0 Å². The highest BCUT2D eigenvalue weighted by Gasteiger charge is 2.75. The molecule has 3 aromatic rings. The van der Waals surface area contributed by atoms with Gasteiger partial charge >= 0.3 is 5.97 Å². The lowest BCUT2D eigenvalue weighted by Gasteiger charge is -2.35. The van der Waals surface area contributed by atoms with E-state index in [1.807, 2.05) is 103 Å². The molecule has 1 saturated carbocycles. The average Bonchev–Trinajstić information content (AvgIpc) is 4.02. The number of β-amino-alcohol motifs (C(OH)–C–C–N with tert-alkyl or cyclic N) is 1. The molecule has 18 heteroatoms. The van der Waals surface area contributed by atoms with Gasteiger partial charge in [0.1, 0.15) is 12.1 Å². The standard InChI is InChI=1S/C51H70N6O11S/c1-33-42(69-32-55-33)37-15-13-34(14-16-37)28-53-44(61)39-27-38(58)31-57(39)45(62)43(48(2,3)4)56-41(60)17-21-66-23-25-67-24-22-65-20-9-12-40(59)52-29-35-10-8-11-36(26-35)30-54-46(63)51-19-18-50(7,47(64)68-51)49(51,5)6/h8,10-11,13-16,26,32,38-39,43,58H,9,12,17-25,27-31H2,1-7H3,(H,52,59)(H,53,61)(H,54,63)(H,56,60)/t38-,39+,43-,50-,51-/m1/s1. The van der Waals surface area contributed by atoms with Crippen LogP contribution in [-0.4, -0.2) is 120 Å². The Bertz CT molecular complexity index is 2300. The van der Waals surface area contributed by atoms with E-state index in [2.05, 4.69) is 26.3 Å². The van der Waals surface area contributed by atoms with Crippen LogP contribution in [0.5, 0.6) is 0 Å². The van der Waals surface area contributed by atoms with E-state index < -0.39 is 45.9 Å². The van der Waals surface area contributed by atoms with Crippen LogP contribution < -0.4 is 21.3 Å². The minimum Gasteiger partial charge on any atom is -0.448 e. The lowest BCUT2D eigenvalue weighted by atomic mass is 9.66. The molecule has 2 aromatic carbocycles. The molecular weight excluding hydrogens is 905 g/mol. The van der Waals surface area contributed by atoms with Gasteiger partial charge in [0, 0.05) is 57.5 Å². The minimum absolute atomic E-state index is 0.0103. The van der Waals surface area contributed by atoms with Crippen LogP contribution in [0.1, 0.15) is 102 Å². The summed E-state index contributed by atoms with van der Waals surface area (Å²) in [6.07, 6.45) is 1.18. The molecule has 17 nitrogen and oxygen atoms in total. The molecule has 376 valence electrons. The van der Waals surface area contributed by atoms with Gasteiger partial charge in [0.25, 0.3) is 5.91 Å². The Hall–Kier alpha value is -5.27. The number of aliphatic hydroxyl groups is 1. The van der Waals surface area contributed by atoms with E-state index in [-0.39, 0.29) is 81.9 Å². The first kappa shape index (κ1) is 53.1. The Morgan fingerprint density at radius 3 is 2.09 bits per heavy atom. The lowest BCUT2D eigenvalue weighted by molar-refractivity contribution is -0.168. The van der Waals surface area contributed by atoms with Crippen molar-refractivity contribution >= 4 is 46.8 Å². The number of carbonyl (C=O) groups is 6. The predicted molar refractivity (Wildman–Crippen MR) is 258 cm³/mol. The van der Waals surface area contributed by atoms with Crippen LogP contribution >= 0.6 is 11.3 Å². The van der Waals surface area contributed by atoms with Gasteiger partial charge in [-0.1, -0.05) is 83.1 Å². The van der Waals surface area contributed by atoms with Gasteiger partial charge in [-0.05, 0) is 60.8 Å². The summed E-state index contributed by atoms with van der Waals surface area (Å²) in [5.74, 6) is -1.88. The van der Waals surface area contributed by atoms with Crippen molar-refractivity contribution in [1.82, 2.24) is 31.2 Å². The van der Waals surface area contributed by atoms with Crippen LogP contribution in [0.25, 0.3) is 10.4 Å². The van der Waals surface area contributed by atoms with Crippen molar-refractivity contribution < 1.29 is 52.8 Å². The van der Waals surface area contributed by atoms with Crippen LogP contribution in [0.15, 0.2) is 54.0 Å². The molecule has 5 atom stereocenters. The summed E-state index contributed by atoms with van der Waals surface area (Å²) in [5.41, 5.74) is 3.33. The second-order valence-electron chi connectivity index (χ2n) is 20.1. The summed E-state index contributed by atoms with van der Waals surface area (Å²) < 4.78 is 22.5. The Morgan fingerprint density at radius 1 is 0.841 bits per heavy atom. The molecule has 2 saturated heterocycles. The van der Waals surface area contributed by atoms with Gasteiger partial charge in [-0.25, -0.2) is 4.98 Å². The number of ether oxygens (including phenoxy) is 4. The van der Waals surface area contributed by atoms with Gasteiger partial charge in [0.05, 0.1) is 60.6 Å². The number of amides is 5. The largest absolute Gasteiger partial charge is 0.448 e. The van der Waals surface area contributed by atoms with Gasteiger partial charge in [-0.3, -0.25) is 28.8 Å². The second-order valence-corrected chi connectivity index (χ2v) is 20.9. The van der Waals surface area contributed by atoms with Gasteiger partial charge in [-0.15, -0.1) is 11.3 Å². The molecule has 69 heavy (non-hydrogen) atoms. The van der Waals surface area contributed by atoms with Crippen molar-refractivity contribution in [2.75, 3.05) is 46.2 Å². The van der Waals surface area contributed by atoms with Crippen LogP contribution in [-0.2, 0) is 67.3 Å².